The predicted octanol–water partition coefficient (Wildman–Crippen LogP) is 2.31. The third-order valence-electron chi connectivity index (χ3n) is 2.77. The standard InChI is InChI=1S/C11H14Cl2N2/c12-9-5-8-7-15(4-2-14)3-1-10(8)11(13)6-9/h5-6H,1-4,7,14H2. The SMILES string of the molecule is NCCN1CCc2c(Cl)cc(Cl)cc2C1. The van der Waals surface area contributed by atoms with E-state index in [0.717, 1.165) is 31.1 Å². The molecule has 0 unspecified atom stereocenters. The van der Waals surface area contributed by atoms with Crippen molar-refractivity contribution in [2.45, 2.75) is 13.0 Å². The first-order valence-electron chi connectivity index (χ1n) is 5.10. The fourth-order valence-electron chi connectivity index (χ4n) is 2.04. The normalized spacial score (nSPS) is 16.5. The number of hydrogen-bond acceptors (Lipinski definition) is 2. The second kappa shape index (κ2) is 4.71. The first-order valence-corrected chi connectivity index (χ1v) is 5.85. The maximum Gasteiger partial charge on any atom is 0.0456 e. The molecule has 1 heterocycles. The van der Waals surface area contributed by atoms with Gasteiger partial charge in [-0.1, -0.05) is 23.2 Å². The van der Waals surface area contributed by atoms with E-state index in [-0.39, 0.29) is 0 Å². The lowest BCUT2D eigenvalue weighted by Crippen LogP contribution is -2.34. The maximum absolute atomic E-state index is 6.14. The molecule has 0 saturated heterocycles. The Bertz CT molecular complexity index is 366. The van der Waals surface area contributed by atoms with Crippen molar-refractivity contribution < 1.29 is 0 Å². The molecule has 1 aromatic carbocycles. The van der Waals surface area contributed by atoms with Gasteiger partial charge in [-0.05, 0) is 29.7 Å². The monoisotopic (exact) mass is 244 g/mol. The first-order chi connectivity index (χ1) is 7.20. The molecule has 0 spiro atoms. The molecule has 1 aliphatic rings. The fraction of sp³-hybridized carbons (Fsp3) is 0.455. The van der Waals surface area contributed by atoms with E-state index >= 15 is 0 Å². The molecule has 4 heteroatoms. The molecule has 82 valence electrons. The smallest absolute Gasteiger partial charge is 0.0456 e. The van der Waals surface area contributed by atoms with Crippen LogP contribution in [0.25, 0.3) is 0 Å². The van der Waals surface area contributed by atoms with Crippen molar-refractivity contribution in [3.63, 3.8) is 0 Å². The van der Waals surface area contributed by atoms with Crippen LogP contribution >= 0.6 is 23.2 Å². The molecule has 0 atom stereocenters. The van der Waals surface area contributed by atoms with Crippen molar-refractivity contribution in [1.29, 1.82) is 0 Å². The maximum atomic E-state index is 6.14. The molecular formula is C11H14Cl2N2. The molecule has 2 rings (SSSR count). The van der Waals surface area contributed by atoms with E-state index in [1.165, 1.54) is 11.1 Å². The molecule has 1 aliphatic heterocycles. The van der Waals surface area contributed by atoms with Gasteiger partial charge in [0.25, 0.3) is 0 Å². The summed E-state index contributed by atoms with van der Waals surface area (Å²) in [7, 11) is 0. The molecule has 0 fully saturated rings. The Morgan fingerprint density at radius 3 is 2.87 bits per heavy atom. The van der Waals surface area contributed by atoms with E-state index < -0.39 is 0 Å². The lowest BCUT2D eigenvalue weighted by atomic mass is 10.00. The Balaban J connectivity index is 2.25. The summed E-state index contributed by atoms with van der Waals surface area (Å²) >= 11 is 12.1. The number of benzene rings is 1. The first kappa shape index (κ1) is 11.2. The topological polar surface area (TPSA) is 29.3 Å². The van der Waals surface area contributed by atoms with Gasteiger partial charge in [0.15, 0.2) is 0 Å². The third kappa shape index (κ3) is 2.45. The number of hydrogen-bond donors (Lipinski definition) is 1. The quantitative estimate of drug-likeness (QED) is 0.866. The summed E-state index contributed by atoms with van der Waals surface area (Å²) in [4.78, 5) is 2.33. The minimum atomic E-state index is 0.698. The Labute approximate surface area is 100.0 Å². The Morgan fingerprint density at radius 2 is 2.13 bits per heavy atom. The lowest BCUT2D eigenvalue weighted by Gasteiger charge is -2.28. The van der Waals surface area contributed by atoms with Gasteiger partial charge in [0.1, 0.15) is 0 Å². The van der Waals surface area contributed by atoms with Crippen LogP contribution in [0.4, 0.5) is 0 Å². The summed E-state index contributed by atoms with van der Waals surface area (Å²) in [6, 6.07) is 3.83. The Hall–Kier alpha value is -0.280. The second-order valence-corrected chi connectivity index (χ2v) is 4.68. The molecule has 1 aromatic rings. The number of rotatable bonds is 2. The highest BCUT2D eigenvalue weighted by atomic mass is 35.5. The van der Waals surface area contributed by atoms with Crippen LogP contribution in [-0.4, -0.2) is 24.5 Å². The van der Waals surface area contributed by atoms with Crippen LogP contribution in [0.1, 0.15) is 11.1 Å². The molecular weight excluding hydrogens is 231 g/mol. The van der Waals surface area contributed by atoms with E-state index in [0.29, 0.717) is 11.6 Å². The number of halogens is 2. The number of fused-ring (bicyclic) bond motifs is 1. The lowest BCUT2D eigenvalue weighted by molar-refractivity contribution is 0.261. The van der Waals surface area contributed by atoms with Gasteiger partial charge in [-0.3, -0.25) is 4.90 Å². The molecule has 0 aliphatic carbocycles. The molecule has 0 aromatic heterocycles. The minimum absolute atomic E-state index is 0.698. The molecule has 2 N–H and O–H groups in total. The van der Waals surface area contributed by atoms with Crippen molar-refractivity contribution >= 4 is 23.2 Å². The van der Waals surface area contributed by atoms with Gasteiger partial charge >= 0.3 is 0 Å². The van der Waals surface area contributed by atoms with Crippen molar-refractivity contribution in [3.8, 4) is 0 Å². The third-order valence-corrected chi connectivity index (χ3v) is 3.33. The van der Waals surface area contributed by atoms with Crippen LogP contribution in [0.3, 0.4) is 0 Å². The van der Waals surface area contributed by atoms with E-state index in [4.69, 9.17) is 28.9 Å². The Morgan fingerprint density at radius 1 is 1.33 bits per heavy atom. The van der Waals surface area contributed by atoms with Crippen LogP contribution in [0.5, 0.6) is 0 Å². The number of nitrogens with zero attached hydrogens (tertiary/aromatic N) is 1. The summed E-state index contributed by atoms with van der Waals surface area (Å²) in [5, 5.41) is 1.51. The molecule has 0 bridgehead atoms. The van der Waals surface area contributed by atoms with E-state index in [1.54, 1.807) is 0 Å². The highest BCUT2D eigenvalue weighted by Gasteiger charge is 2.18. The van der Waals surface area contributed by atoms with Gasteiger partial charge in [-0.2, -0.15) is 0 Å². The number of nitrogens with two attached hydrogens (primary N) is 1. The second-order valence-electron chi connectivity index (χ2n) is 3.84. The molecule has 0 radical (unpaired) electrons. The molecule has 0 amide bonds. The van der Waals surface area contributed by atoms with E-state index in [9.17, 15) is 0 Å². The van der Waals surface area contributed by atoms with Gasteiger partial charge in [-0.25, -0.2) is 0 Å². The zero-order valence-electron chi connectivity index (χ0n) is 8.47. The average molecular weight is 245 g/mol. The van der Waals surface area contributed by atoms with Crippen molar-refractivity contribution in [2.24, 2.45) is 5.73 Å². The highest BCUT2D eigenvalue weighted by molar-refractivity contribution is 6.35. The predicted molar refractivity (Wildman–Crippen MR) is 64.5 cm³/mol. The van der Waals surface area contributed by atoms with Crippen molar-refractivity contribution in [2.75, 3.05) is 19.6 Å². The van der Waals surface area contributed by atoms with Gasteiger partial charge in [0.2, 0.25) is 0 Å². The van der Waals surface area contributed by atoms with E-state index in [2.05, 4.69) is 4.90 Å². The largest absolute Gasteiger partial charge is 0.329 e. The average Bonchev–Trinajstić information content (AvgIpc) is 2.17. The zero-order valence-corrected chi connectivity index (χ0v) is 9.98. The van der Waals surface area contributed by atoms with E-state index in [1.807, 2.05) is 12.1 Å². The van der Waals surface area contributed by atoms with Crippen LogP contribution in [0, 0.1) is 0 Å². The van der Waals surface area contributed by atoms with Gasteiger partial charge < -0.3 is 5.73 Å². The Kier molecular flexibility index (Phi) is 3.52. The fourth-order valence-corrected chi connectivity index (χ4v) is 2.67. The zero-order chi connectivity index (χ0) is 10.8. The van der Waals surface area contributed by atoms with Crippen LogP contribution in [0.15, 0.2) is 12.1 Å². The van der Waals surface area contributed by atoms with Crippen LogP contribution < -0.4 is 5.73 Å². The summed E-state index contributed by atoms with van der Waals surface area (Å²) in [5.41, 5.74) is 8.03. The molecule has 15 heavy (non-hydrogen) atoms. The van der Waals surface area contributed by atoms with Gasteiger partial charge in [-0.15, -0.1) is 0 Å². The van der Waals surface area contributed by atoms with Gasteiger partial charge in [0.05, 0.1) is 0 Å². The molecule has 0 saturated carbocycles. The van der Waals surface area contributed by atoms with Crippen LogP contribution in [-0.2, 0) is 13.0 Å². The minimum Gasteiger partial charge on any atom is -0.329 e. The van der Waals surface area contributed by atoms with Crippen molar-refractivity contribution in [3.05, 3.63) is 33.3 Å². The van der Waals surface area contributed by atoms with Crippen molar-refractivity contribution in [1.82, 2.24) is 4.90 Å². The summed E-state index contributed by atoms with van der Waals surface area (Å²) < 4.78 is 0. The van der Waals surface area contributed by atoms with Gasteiger partial charge in [0, 0.05) is 36.2 Å². The summed E-state index contributed by atoms with van der Waals surface area (Å²) in [5.74, 6) is 0. The van der Waals surface area contributed by atoms with Crippen LogP contribution in [0.2, 0.25) is 10.0 Å². The molecule has 2 nitrogen and oxygen atoms in total. The summed E-state index contributed by atoms with van der Waals surface area (Å²) in [6.07, 6.45) is 0.991. The highest BCUT2D eigenvalue weighted by Crippen LogP contribution is 2.29. The summed E-state index contributed by atoms with van der Waals surface area (Å²) in [6.45, 7) is 3.57.